The van der Waals surface area contributed by atoms with Crippen LogP contribution in [-0.4, -0.2) is 43.6 Å². The first-order valence-electron chi connectivity index (χ1n) is 7.50. The molecule has 0 saturated carbocycles. The Morgan fingerprint density at radius 3 is 2.71 bits per heavy atom. The monoisotopic (exact) mass is 310 g/mol. The van der Waals surface area contributed by atoms with E-state index in [0.717, 1.165) is 49.8 Å². The van der Waals surface area contributed by atoms with Crippen molar-refractivity contribution in [3.63, 3.8) is 0 Å². The molecule has 2 aliphatic rings. The van der Waals surface area contributed by atoms with Crippen molar-refractivity contribution in [3.8, 4) is 5.75 Å². The lowest BCUT2D eigenvalue weighted by molar-refractivity contribution is 0.0642. The van der Waals surface area contributed by atoms with Gasteiger partial charge in [0.2, 0.25) is 0 Å². The van der Waals surface area contributed by atoms with E-state index < -0.39 is 0 Å². The van der Waals surface area contributed by atoms with Gasteiger partial charge in [0.1, 0.15) is 5.75 Å². The zero-order valence-electron chi connectivity index (χ0n) is 12.4. The Labute approximate surface area is 132 Å². The van der Waals surface area contributed by atoms with E-state index in [9.17, 15) is 4.79 Å². The van der Waals surface area contributed by atoms with Gasteiger partial charge in [-0.05, 0) is 62.5 Å². The highest BCUT2D eigenvalue weighted by atomic mass is 35.5. The maximum atomic E-state index is 12.5. The molecular formula is C16H23ClN2O2. The van der Waals surface area contributed by atoms with Crippen LogP contribution in [-0.2, 0) is 0 Å². The minimum absolute atomic E-state index is 0. The maximum Gasteiger partial charge on any atom is 0.253 e. The molecule has 2 heterocycles. The number of fused-ring (bicyclic) bond motifs is 1. The molecule has 21 heavy (non-hydrogen) atoms. The van der Waals surface area contributed by atoms with E-state index in [4.69, 9.17) is 4.74 Å². The summed E-state index contributed by atoms with van der Waals surface area (Å²) in [5.74, 6) is 2.37. The number of hydrogen-bond acceptors (Lipinski definition) is 3. The highest BCUT2D eigenvalue weighted by Gasteiger charge is 2.34. The smallest absolute Gasteiger partial charge is 0.253 e. The molecule has 1 amide bonds. The Morgan fingerprint density at radius 1 is 1.29 bits per heavy atom. The fourth-order valence-corrected chi connectivity index (χ4v) is 3.26. The minimum Gasteiger partial charge on any atom is -0.494 e. The number of halogens is 1. The van der Waals surface area contributed by atoms with Crippen molar-refractivity contribution in [3.05, 3.63) is 29.8 Å². The highest BCUT2D eigenvalue weighted by Crippen LogP contribution is 2.27. The Balaban J connectivity index is 0.00000161. The topological polar surface area (TPSA) is 41.6 Å². The van der Waals surface area contributed by atoms with E-state index in [-0.39, 0.29) is 18.3 Å². The van der Waals surface area contributed by atoms with Crippen LogP contribution < -0.4 is 10.1 Å². The fourth-order valence-electron chi connectivity index (χ4n) is 3.26. The van der Waals surface area contributed by atoms with Gasteiger partial charge in [-0.15, -0.1) is 12.4 Å². The van der Waals surface area contributed by atoms with Crippen LogP contribution in [0.5, 0.6) is 5.75 Å². The molecule has 1 aromatic carbocycles. The average molecular weight is 311 g/mol. The van der Waals surface area contributed by atoms with Crippen LogP contribution in [0.2, 0.25) is 0 Å². The first kappa shape index (κ1) is 16.1. The third kappa shape index (κ3) is 3.50. The van der Waals surface area contributed by atoms with Crippen LogP contribution in [0.15, 0.2) is 24.3 Å². The lowest BCUT2D eigenvalue weighted by Gasteiger charge is -2.34. The number of nitrogens with one attached hydrogen (secondary N) is 1. The van der Waals surface area contributed by atoms with E-state index in [0.29, 0.717) is 12.5 Å². The summed E-state index contributed by atoms with van der Waals surface area (Å²) >= 11 is 0. The van der Waals surface area contributed by atoms with Gasteiger partial charge in [0.15, 0.2) is 0 Å². The molecule has 1 aromatic rings. The van der Waals surface area contributed by atoms with Gasteiger partial charge in [0, 0.05) is 18.7 Å². The summed E-state index contributed by atoms with van der Waals surface area (Å²) in [6.45, 7) is 6.56. The molecule has 2 fully saturated rings. The summed E-state index contributed by atoms with van der Waals surface area (Å²) in [4.78, 5) is 14.5. The van der Waals surface area contributed by atoms with Crippen molar-refractivity contribution in [1.82, 2.24) is 10.2 Å². The maximum absolute atomic E-state index is 12.5. The molecule has 4 nitrogen and oxygen atoms in total. The van der Waals surface area contributed by atoms with Gasteiger partial charge in [0.25, 0.3) is 5.91 Å². The Kier molecular flexibility index (Phi) is 5.48. The first-order chi connectivity index (χ1) is 9.78. The van der Waals surface area contributed by atoms with E-state index in [2.05, 4.69) is 5.32 Å². The van der Waals surface area contributed by atoms with Gasteiger partial charge in [-0.3, -0.25) is 4.79 Å². The number of ether oxygens (including phenoxy) is 1. The lowest BCUT2D eigenvalue weighted by atomic mass is 9.88. The van der Waals surface area contributed by atoms with Gasteiger partial charge in [-0.2, -0.15) is 0 Å². The van der Waals surface area contributed by atoms with E-state index >= 15 is 0 Å². The van der Waals surface area contributed by atoms with E-state index in [1.165, 1.54) is 0 Å². The average Bonchev–Trinajstić information content (AvgIpc) is 2.95. The molecule has 2 saturated heterocycles. The molecule has 0 radical (unpaired) electrons. The van der Waals surface area contributed by atoms with Crippen molar-refractivity contribution in [2.75, 3.05) is 32.8 Å². The Morgan fingerprint density at radius 2 is 2.00 bits per heavy atom. The molecule has 0 spiro atoms. The number of amides is 1. The third-order valence-electron chi connectivity index (χ3n) is 4.40. The number of carbonyl (C=O) groups is 1. The molecule has 2 atom stereocenters. The predicted octanol–water partition coefficient (Wildman–Crippen LogP) is 2.19. The van der Waals surface area contributed by atoms with Crippen molar-refractivity contribution in [2.45, 2.75) is 13.3 Å². The molecule has 0 bridgehead atoms. The zero-order valence-corrected chi connectivity index (χ0v) is 13.2. The van der Waals surface area contributed by atoms with Crippen LogP contribution in [0.4, 0.5) is 0 Å². The first-order valence-corrected chi connectivity index (χ1v) is 7.50. The largest absolute Gasteiger partial charge is 0.494 e. The second-order valence-electron chi connectivity index (χ2n) is 5.68. The molecule has 0 aliphatic carbocycles. The van der Waals surface area contributed by atoms with E-state index in [1.807, 2.05) is 36.1 Å². The summed E-state index contributed by atoms with van der Waals surface area (Å²) in [6.07, 6.45) is 1.13. The molecule has 3 rings (SSSR count). The Hall–Kier alpha value is -1.26. The summed E-state index contributed by atoms with van der Waals surface area (Å²) in [7, 11) is 0. The number of piperidine rings is 1. The molecule has 2 aliphatic heterocycles. The van der Waals surface area contributed by atoms with Crippen LogP contribution in [0.25, 0.3) is 0 Å². The number of hydrogen-bond donors (Lipinski definition) is 1. The quantitative estimate of drug-likeness (QED) is 0.930. The molecule has 1 N–H and O–H groups in total. The zero-order chi connectivity index (χ0) is 13.9. The summed E-state index contributed by atoms with van der Waals surface area (Å²) in [5.41, 5.74) is 0.762. The fraction of sp³-hybridized carbons (Fsp3) is 0.562. The third-order valence-corrected chi connectivity index (χ3v) is 4.40. The summed E-state index contributed by atoms with van der Waals surface area (Å²) < 4.78 is 5.41. The van der Waals surface area contributed by atoms with Crippen LogP contribution in [0.3, 0.4) is 0 Å². The molecule has 116 valence electrons. The van der Waals surface area contributed by atoms with Gasteiger partial charge in [-0.25, -0.2) is 0 Å². The lowest BCUT2D eigenvalue weighted by Crippen LogP contribution is -2.43. The van der Waals surface area contributed by atoms with Gasteiger partial charge < -0.3 is 15.0 Å². The number of carbonyl (C=O) groups excluding carboxylic acids is 1. The van der Waals surface area contributed by atoms with Crippen molar-refractivity contribution in [2.24, 2.45) is 11.8 Å². The van der Waals surface area contributed by atoms with Crippen molar-refractivity contribution in [1.29, 1.82) is 0 Å². The van der Waals surface area contributed by atoms with Gasteiger partial charge in [0.05, 0.1) is 6.61 Å². The number of nitrogens with zero attached hydrogens (tertiary/aromatic N) is 1. The van der Waals surface area contributed by atoms with Crippen molar-refractivity contribution >= 4 is 18.3 Å². The number of benzene rings is 1. The van der Waals surface area contributed by atoms with Gasteiger partial charge in [-0.1, -0.05) is 0 Å². The van der Waals surface area contributed by atoms with Gasteiger partial charge >= 0.3 is 0 Å². The SMILES string of the molecule is CCOc1ccc(C(=O)N2CCC3CNCC3C2)cc1.Cl. The highest BCUT2D eigenvalue weighted by molar-refractivity contribution is 5.94. The number of rotatable bonds is 3. The normalized spacial score (nSPS) is 24.1. The summed E-state index contributed by atoms with van der Waals surface area (Å²) in [5, 5.41) is 3.43. The van der Waals surface area contributed by atoms with Crippen molar-refractivity contribution < 1.29 is 9.53 Å². The van der Waals surface area contributed by atoms with E-state index in [1.54, 1.807) is 0 Å². The second kappa shape index (κ2) is 7.14. The second-order valence-corrected chi connectivity index (χ2v) is 5.68. The van der Waals surface area contributed by atoms with Crippen LogP contribution in [0.1, 0.15) is 23.7 Å². The van der Waals surface area contributed by atoms with Crippen LogP contribution >= 0.6 is 12.4 Å². The van der Waals surface area contributed by atoms with Crippen LogP contribution in [0, 0.1) is 11.8 Å². The minimum atomic E-state index is 0. The molecule has 2 unspecified atom stereocenters. The molecule has 5 heteroatoms. The molecular weight excluding hydrogens is 288 g/mol. The molecule has 0 aromatic heterocycles. The summed E-state index contributed by atoms with van der Waals surface area (Å²) in [6, 6.07) is 7.49. The predicted molar refractivity (Wildman–Crippen MR) is 85.2 cm³/mol. The number of likely N-dealkylation sites (tertiary alicyclic amines) is 1. The Bertz CT molecular complexity index is 478. The standard InChI is InChI=1S/C16H22N2O2.ClH/c1-2-20-15-5-3-12(4-6-15)16(19)18-8-7-13-9-17-10-14(13)11-18;/h3-6,13-14,17H,2,7-11H2,1H3;1H.